The van der Waals surface area contributed by atoms with Crippen LogP contribution < -0.4 is 5.32 Å². The molecule has 1 aliphatic rings. The number of carbonyl (C=O) groups is 1. The zero-order valence-corrected chi connectivity index (χ0v) is 22.4. The number of aryl methyl sites for hydroxylation is 1. The SMILES string of the molecule is CCN(CCC#N)C(=O)[C@H]1CC[C@](O)(c2ncc(-c3cc(C)cc(Nc4nccc(C(F)(F)F)n4)c3)s2)CC1. The minimum atomic E-state index is -4.57. The lowest BCUT2D eigenvalue weighted by Gasteiger charge is -2.35. The first-order chi connectivity index (χ1) is 18.5. The molecule has 0 saturated heterocycles. The van der Waals surface area contributed by atoms with Crippen LogP contribution in [0.4, 0.5) is 24.8 Å². The molecule has 2 heterocycles. The van der Waals surface area contributed by atoms with Crippen molar-refractivity contribution in [2.75, 3.05) is 18.4 Å². The number of halogens is 3. The Bertz CT molecular complexity index is 1360. The molecule has 12 heteroatoms. The van der Waals surface area contributed by atoms with Crippen LogP contribution >= 0.6 is 11.3 Å². The summed E-state index contributed by atoms with van der Waals surface area (Å²) in [6.45, 7) is 4.72. The summed E-state index contributed by atoms with van der Waals surface area (Å²) in [5.74, 6) is -0.327. The van der Waals surface area contributed by atoms with Crippen LogP contribution in [0.5, 0.6) is 0 Å². The highest BCUT2D eigenvalue weighted by atomic mass is 32.1. The molecule has 2 N–H and O–H groups in total. The topological polar surface area (TPSA) is 115 Å². The van der Waals surface area contributed by atoms with Gasteiger partial charge in [0.2, 0.25) is 11.9 Å². The first-order valence-electron chi connectivity index (χ1n) is 12.7. The molecule has 1 amide bonds. The monoisotopic (exact) mass is 558 g/mol. The second kappa shape index (κ2) is 11.7. The minimum Gasteiger partial charge on any atom is -0.383 e. The lowest BCUT2D eigenvalue weighted by atomic mass is 9.78. The van der Waals surface area contributed by atoms with Crippen LogP contribution in [0.25, 0.3) is 10.4 Å². The quantitative estimate of drug-likeness (QED) is 0.358. The molecule has 0 bridgehead atoms. The van der Waals surface area contributed by atoms with Crippen LogP contribution in [-0.4, -0.2) is 44.0 Å². The van der Waals surface area contributed by atoms with Crippen molar-refractivity contribution < 1.29 is 23.1 Å². The number of hydrogen-bond acceptors (Lipinski definition) is 8. The fourth-order valence-corrected chi connectivity index (χ4v) is 5.80. The maximum atomic E-state index is 13.0. The highest BCUT2D eigenvalue weighted by Crippen LogP contribution is 2.43. The Balaban J connectivity index is 1.47. The van der Waals surface area contributed by atoms with E-state index in [1.54, 1.807) is 23.2 Å². The number of thiazole rings is 1. The number of carbonyl (C=O) groups excluding carboxylic acids is 1. The standard InChI is InChI=1S/C27H29F3N6O2S/c1-3-36(12-4-10-31)23(37)18-5-8-26(38,9-6-18)24-33-16-21(39-24)19-13-17(2)14-20(15-19)34-25-32-11-7-22(35-25)27(28,29)30/h7,11,13-16,18,38H,3-6,8-9,12H2,1-2H3,(H,32,34,35)/t18-,26+. The summed E-state index contributed by atoms with van der Waals surface area (Å²) in [6.07, 6.45) is 0.316. The number of nitrogens with one attached hydrogen (secondary N) is 1. The largest absolute Gasteiger partial charge is 0.433 e. The first kappa shape index (κ1) is 28.4. The Morgan fingerprint density at radius 2 is 2.03 bits per heavy atom. The van der Waals surface area contributed by atoms with E-state index in [0.717, 1.165) is 28.3 Å². The number of benzene rings is 1. The van der Waals surface area contributed by atoms with Gasteiger partial charge in [-0.05, 0) is 68.9 Å². The van der Waals surface area contributed by atoms with Gasteiger partial charge in [0, 0.05) is 37.1 Å². The van der Waals surface area contributed by atoms with Crippen molar-refractivity contribution in [3.63, 3.8) is 0 Å². The molecule has 0 aliphatic heterocycles. The molecule has 206 valence electrons. The number of anilines is 2. The number of nitrogens with zero attached hydrogens (tertiary/aromatic N) is 5. The van der Waals surface area contributed by atoms with Crippen LogP contribution in [0.2, 0.25) is 0 Å². The van der Waals surface area contributed by atoms with Crippen LogP contribution in [0, 0.1) is 24.2 Å². The van der Waals surface area contributed by atoms with Crippen molar-refractivity contribution in [2.24, 2.45) is 5.92 Å². The summed E-state index contributed by atoms with van der Waals surface area (Å²) in [5, 5.41) is 23.6. The molecule has 1 saturated carbocycles. The minimum absolute atomic E-state index is 0.0270. The van der Waals surface area contributed by atoms with E-state index < -0.39 is 17.5 Å². The smallest absolute Gasteiger partial charge is 0.383 e. The van der Waals surface area contributed by atoms with Crippen molar-refractivity contribution in [1.29, 1.82) is 5.26 Å². The third kappa shape index (κ3) is 6.72. The van der Waals surface area contributed by atoms with E-state index in [1.807, 2.05) is 19.9 Å². The van der Waals surface area contributed by atoms with E-state index in [-0.39, 0.29) is 17.8 Å². The Morgan fingerprint density at radius 3 is 2.69 bits per heavy atom. The summed E-state index contributed by atoms with van der Waals surface area (Å²) in [7, 11) is 0. The van der Waals surface area contributed by atoms with Gasteiger partial charge in [0.05, 0.1) is 17.4 Å². The third-order valence-corrected chi connectivity index (χ3v) is 8.06. The average Bonchev–Trinajstić information content (AvgIpc) is 3.40. The van der Waals surface area contributed by atoms with E-state index in [4.69, 9.17) is 5.26 Å². The fraction of sp³-hybridized carbons (Fsp3) is 0.444. The Morgan fingerprint density at radius 1 is 1.28 bits per heavy atom. The predicted octanol–water partition coefficient (Wildman–Crippen LogP) is 5.81. The number of alkyl halides is 3. The number of hydrogen-bond donors (Lipinski definition) is 2. The van der Waals surface area contributed by atoms with E-state index >= 15 is 0 Å². The van der Waals surface area contributed by atoms with Crippen LogP contribution in [-0.2, 0) is 16.6 Å². The molecular formula is C27H29F3N6O2S. The molecule has 39 heavy (non-hydrogen) atoms. The van der Waals surface area contributed by atoms with Gasteiger partial charge >= 0.3 is 6.18 Å². The van der Waals surface area contributed by atoms with Gasteiger partial charge in [-0.2, -0.15) is 18.4 Å². The summed E-state index contributed by atoms with van der Waals surface area (Å²) >= 11 is 1.35. The normalized spacial score (nSPS) is 19.4. The van der Waals surface area contributed by atoms with Gasteiger partial charge in [0.25, 0.3) is 0 Å². The number of aromatic nitrogens is 3. The molecule has 2 aromatic heterocycles. The van der Waals surface area contributed by atoms with Gasteiger partial charge < -0.3 is 15.3 Å². The van der Waals surface area contributed by atoms with E-state index in [2.05, 4.69) is 26.3 Å². The summed E-state index contributed by atoms with van der Waals surface area (Å²) < 4.78 is 39.1. The third-order valence-electron chi connectivity index (χ3n) is 6.82. The highest BCUT2D eigenvalue weighted by molar-refractivity contribution is 7.15. The lowest BCUT2D eigenvalue weighted by Crippen LogP contribution is -2.41. The number of amides is 1. The second-order valence-electron chi connectivity index (χ2n) is 9.64. The van der Waals surface area contributed by atoms with E-state index in [0.29, 0.717) is 55.9 Å². The molecule has 1 fully saturated rings. The fourth-order valence-electron chi connectivity index (χ4n) is 4.75. The number of aliphatic hydroxyl groups is 1. The van der Waals surface area contributed by atoms with Crippen LogP contribution in [0.3, 0.4) is 0 Å². The molecule has 0 radical (unpaired) electrons. The molecule has 8 nitrogen and oxygen atoms in total. The van der Waals surface area contributed by atoms with Gasteiger partial charge in [-0.15, -0.1) is 11.3 Å². The van der Waals surface area contributed by atoms with Crippen molar-refractivity contribution in [2.45, 2.75) is 57.7 Å². The van der Waals surface area contributed by atoms with Crippen molar-refractivity contribution in [3.05, 3.63) is 52.9 Å². The summed E-state index contributed by atoms with van der Waals surface area (Å²) in [4.78, 5) is 27.3. The Kier molecular flexibility index (Phi) is 8.51. The summed E-state index contributed by atoms with van der Waals surface area (Å²) in [5.41, 5.74) is 0.00610. The second-order valence-corrected chi connectivity index (χ2v) is 10.7. The van der Waals surface area contributed by atoms with Crippen LogP contribution in [0.1, 0.15) is 55.3 Å². The summed E-state index contributed by atoms with van der Waals surface area (Å²) in [6, 6.07) is 8.36. The Labute approximate surface area is 228 Å². The maximum absolute atomic E-state index is 13.0. The maximum Gasteiger partial charge on any atom is 0.433 e. The lowest BCUT2D eigenvalue weighted by molar-refractivity contribution is -0.141. The van der Waals surface area contributed by atoms with Gasteiger partial charge in [0.1, 0.15) is 16.3 Å². The van der Waals surface area contributed by atoms with Gasteiger partial charge in [-0.3, -0.25) is 4.79 Å². The van der Waals surface area contributed by atoms with Crippen molar-refractivity contribution >= 4 is 28.9 Å². The van der Waals surface area contributed by atoms with Crippen molar-refractivity contribution in [3.8, 4) is 16.5 Å². The molecular weight excluding hydrogens is 529 g/mol. The van der Waals surface area contributed by atoms with E-state index in [1.165, 1.54) is 11.3 Å². The number of nitriles is 1. The molecule has 4 rings (SSSR count). The van der Waals surface area contributed by atoms with Gasteiger partial charge in [-0.25, -0.2) is 15.0 Å². The zero-order valence-electron chi connectivity index (χ0n) is 21.6. The Hall–Kier alpha value is -3.56. The molecule has 1 aliphatic carbocycles. The van der Waals surface area contributed by atoms with Crippen molar-refractivity contribution in [1.82, 2.24) is 19.9 Å². The molecule has 1 aromatic carbocycles. The zero-order chi connectivity index (χ0) is 28.2. The molecule has 0 spiro atoms. The average molecular weight is 559 g/mol. The van der Waals surface area contributed by atoms with E-state index in [9.17, 15) is 23.1 Å². The predicted molar refractivity (Wildman–Crippen MR) is 141 cm³/mol. The highest BCUT2D eigenvalue weighted by Gasteiger charge is 2.40. The number of rotatable bonds is 8. The molecule has 0 unspecified atom stereocenters. The molecule has 3 aromatic rings. The van der Waals surface area contributed by atoms with Crippen LogP contribution in [0.15, 0.2) is 36.7 Å². The van der Waals surface area contributed by atoms with Gasteiger partial charge in [-0.1, -0.05) is 6.07 Å². The first-order valence-corrected chi connectivity index (χ1v) is 13.5. The molecule has 0 atom stereocenters. The van der Waals surface area contributed by atoms with Gasteiger partial charge in [0.15, 0.2) is 0 Å².